The minimum Gasteiger partial charge on any atom is -0.465 e. The van der Waals surface area contributed by atoms with Crippen molar-refractivity contribution in [2.45, 2.75) is 13.8 Å². The van der Waals surface area contributed by atoms with Gasteiger partial charge in [0.1, 0.15) is 6.54 Å². The maximum atomic E-state index is 12.6. The highest BCUT2D eigenvalue weighted by molar-refractivity contribution is 9.10. The Morgan fingerprint density at radius 1 is 1.33 bits per heavy atom. The van der Waals surface area contributed by atoms with Crippen LogP contribution in [0, 0.1) is 6.92 Å². The number of nitrogens with zero attached hydrogens (tertiary/aromatic N) is 1. The fourth-order valence-corrected chi connectivity index (χ4v) is 2.23. The Labute approximate surface area is 133 Å². The number of carbonyl (C=O) groups excluding carboxylic acids is 2. The highest BCUT2D eigenvalue weighted by atomic mass is 79.9. The SMILES string of the molecule is CCOC(=O)CN(CCOC)C(=O)c1cccc(C)c1Br. The zero-order valence-corrected chi connectivity index (χ0v) is 14.1. The molecule has 0 aliphatic heterocycles. The van der Waals surface area contributed by atoms with Crippen LogP contribution in [0.15, 0.2) is 22.7 Å². The third-order valence-electron chi connectivity index (χ3n) is 2.90. The molecular formula is C15H20BrNO4. The zero-order valence-electron chi connectivity index (χ0n) is 12.5. The molecule has 1 amide bonds. The Balaban J connectivity index is 2.93. The summed E-state index contributed by atoms with van der Waals surface area (Å²) < 4.78 is 10.6. The van der Waals surface area contributed by atoms with E-state index < -0.39 is 5.97 Å². The van der Waals surface area contributed by atoms with Crippen molar-refractivity contribution >= 4 is 27.8 Å². The molecule has 0 aliphatic rings. The van der Waals surface area contributed by atoms with E-state index >= 15 is 0 Å². The first-order valence-corrected chi connectivity index (χ1v) is 7.49. The van der Waals surface area contributed by atoms with Gasteiger partial charge in [0.2, 0.25) is 0 Å². The molecule has 6 heteroatoms. The Bertz CT molecular complexity index is 504. The predicted octanol–water partition coefficient (Wildman–Crippen LogP) is 2.41. The summed E-state index contributed by atoms with van der Waals surface area (Å²) in [5.41, 5.74) is 1.49. The number of rotatable bonds is 7. The monoisotopic (exact) mass is 357 g/mol. The molecule has 0 aromatic heterocycles. The average Bonchev–Trinajstić information content (AvgIpc) is 2.46. The lowest BCUT2D eigenvalue weighted by Gasteiger charge is -2.22. The van der Waals surface area contributed by atoms with E-state index in [9.17, 15) is 9.59 Å². The van der Waals surface area contributed by atoms with Crippen LogP contribution in [0.25, 0.3) is 0 Å². The van der Waals surface area contributed by atoms with Crippen LogP contribution >= 0.6 is 15.9 Å². The summed E-state index contributed by atoms with van der Waals surface area (Å²) in [4.78, 5) is 25.7. The van der Waals surface area contributed by atoms with Crippen LogP contribution < -0.4 is 0 Å². The van der Waals surface area contributed by atoms with Gasteiger partial charge in [0, 0.05) is 18.1 Å². The van der Waals surface area contributed by atoms with E-state index in [2.05, 4.69) is 15.9 Å². The molecule has 21 heavy (non-hydrogen) atoms. The third kappa shape index (κ3) is 5.13. The van der Waals surface area contributed by atoms with E-state index in [1.807, 2.05) is 19.1 Å². The van der Waals surface area contributed by atoms with Gasteiger partial charge < -0.3 is 14.4 Å². The summed E-state index contributed by atoms with van der Waals surface area (Å²) in [6.07, 6.45) is 0. The number of benzene rings is 1. The number of ether oxygens (including phenoxy) is 2. The van der Waals surface area contributed by atoms with E-state index in [4.69, 9.17) is 9.47 Å². The van der Waals surface area contributed by atoms with Crippen molar-refractivity contribution in [2.24, 2.45) is 0 Å². The van der Waals surface area contributed by atoms with Gasteiger partial charge in [0.05, 0.1) is 18.8 Å². The Hall–Kier alpha value is -1.40. The first-order valence-electron chi connectivity index (χ1n) is 6.70. The summed E-state index contributed by atoms with van der Waals surface area (Å²) in [7, 11) is 1.55. The molecule has 5 nitrogen and oxygen atoms in total. The molecule has 116 valence electrons. The number of hydrogen-bond acceptors (Lipinski definition) is 4. The normalized spacial score (nSPS) is 10.3. The molecule has 0 unspecified atom stereocenters. The third-order valence-corrected chi connectivity index (χ3v) is 3.95. The molecule has 1 rings (SSSR count). The number of amides is 1. The number of methoxy groups -OCH3 is 1. The lowest BCUT2D eigenvalue weighted by Crippen LogP contribution is -2.38. The molecule has 0 bridgehead atoms. The molecule has 0 radical (unpaired) electrons. The van der Waals surface area contributed by atoms with Gasteiger partial charge in [0.25, 0.3) is 5.91 Å². The fraction of sp³-hybridized carbons (Fsp3) is 0.467. The minimum atomic E-state index is -0.425. The highest BCUT2D eigenvalue weighted by Gasteiger charge is 2.21. The van der Waals surface area contributed by atoms with Gasteiger partial charge in [-0.15, -0.1) is 0 Å². The van der Waals surface area contributed by atoms with Crippen molar-refractivity contribution in [3.63, 3.8) is 0 Å². The fourth-order valence-electron chi connectivity index (χ4n) is 1.80. The van der Waals surface area contributed by atoms with Gasteiger partial charge >= 0.3 is 5.97 Å². The first-order chi connectivity index (χ1) is 10.0. The highest BCUT2D eigenvalue weighted by Crippen LogP contribution is 2.22. The number of aryl methyl sites for hydroxylation is 1. The maximum Gasteiger partial charge on any atom is 0.325 e. The number of esters is 1. The van der Waals surface area contributed by atoms with Gasteiger partial charge in [-0.1, -0.05) is 12.1 Å². The van der Waals surface area contributed by atoms with E-state index in [-0.39, 0.29) is 12.5 Å². The molecular weight excluding hydrogens is 338 g/mol. The molecule has 0 atom stereocenters. The van der Waals surface area contributed by atoms with Crippen LogP contribution in [-0.2, 0) is 14.3 Å². The molecule has 0 fully saturated rings. The average molecular weight is 358 g/mol. The zero-order chi connectivity index (χ0) is 15.8. The van der Waals surface area contributed by atoms with Gasteiger partial charge in [-0.2, -0.15) is 0 Å². The van der Waals surface area contributed by atoms with Gasteiger partial charge in [-0.3, -0.25) is 9.59 Å². The molecule has 0 N–H and O–H groups in total. The van der Waals surface area contributed by atoms with E-state index in [1.165, 1.54) is 4.90 Å². The predicted molar refractivity (Wildman–Crippen MR) is 83.3 cm³/mol. The second-order valence-electron chi connectivity index (χ2n) is 4.46. The molecule has 1 aromatic rings. The number of carbonyl (C=O) groups is 2. The molecule has 0 spiro atoms. The standard InChI is InChI=1S/C15H20BrNO4/c1-4-21-13(18)10-17(8-9-20-3)15(19)12-7-5-6-11(2)14(12)16/h5-7H,4,8-10H2,1-3H3. The first kappa shape index (κ1) is 17.7. The van der Waals surface area contributed by atoms with E-state index in [1.54, 1.807) is 20.1 Å². The Morgan fingerprint density at radius 2 is 2.05 bits per heavy atom. The number of hydrogen-bond donors (Lipinski definition) is 0. The molecule has 0 saturated carbocycles. The minimum absolute atomic E-state index is 0.0869. The second-order valence-corrected chi connectivity index (χ2v) is 5.25. The van der Waals surface area contributed by atoms with Crippen molar-refractivity contribution in [3.8, 4) is 0 Å². The van der Waals surface area contributed by atoms with Gasteiger partial charge in [-0.25, -0.2) is 0 Å². The van der Waals surface area contributed by atoms with E-state index in [0.717, 1.165) is 10.0 Å². The van der Waals surface area contributed by atoms with Crippen molar-refractivity contribution in [1.82, 2.24) is 4.90 Å². The quantitative estimate of drug-likeness (QED) is 0.703. The van der Waals surface area contributed by atoms with Crippen LogP contribution in [0.5, 0.6) is 0 Å². The summed E-state index contributed by atoms with van der Waals surface area (Å²) in [6, 6.07) is 5.45. The summed E-state index contributed by atoms with van der Waals surface area (Å²) in [5.74, 6) is -0.651. The van der Waals surface area contributed by atoms with Gasteiger partial charge in [0.15, 0.2) is 0 Å². The van der Waals surface area contributed by atoms with Crippen LogP contribution in [-0.4, -0.2) is 50.2 Å². The molecule has 0 heterocycles. The summed E-state index contributed by atoms with van der Waals surface area (Å²) in [6.45, 7) is 4.53. The summed E-state index contributed by atoms with van der Waals surface area (Å²) >= 11 is 3.42. The van der Waals surface area contributed by atoms with Crippen LogP contribution in [0.2, 0.25) is 0 Å². The molecule has 0 saturated heterocycles. The largest absolute Gasteiger partial charge is 0.465 e. The summed E-state index contributed by atoms with van der Waals surface area (Å²) in [5, 5.41) is 0. The van der Waals surface area contributed by atoms with Crippen molar-refractivity contribution in [3.05, 3.63) is 33.8 Å². The lowest BCUT2D eigenvalue weighted by atomic mass is 10.1. The topological polar surface area (TPSA) is 55.8 Å². The van der Waals surface area contributed by atoms with Crippen molar-refractivity contribution < 1.29 is 19.1 Å². The van der Waals surface area contributed by atoms with Crippen molar-refractivity contribution in [2.75, 3.05) is 33.4 Å². The second kappa shape index (κ2) is 8.79. The Kier molecular flexibility index (Phi) is 7.39. The van der Waals surface area contributed by atoms with Crippen LogP contribution in [0.4, 0.5) is 0 Å². The lowest BCUT2D eigenvalue weighted by molar-refractivity contribution is -0.143. The molecule has 0 aliphatic carbocycles. The Morgan fingerprint density at radius 3 is 2.67 bits per heavy atom. The van der Waals surface area contributed by atoms with Gasteiger partial charge in [-0.05, 0) is 41.4 Å². The van der Waals surface area contributed by atoms with Crippen molar-refractivity contribution in [1.29, 1.82) is 0 Å². The van der Waals surface area contributed by atoms with E-state index in [0.29, 0.717) is 25.3 Å². The molecule has 1 aromatic carbocycles. The number of halogens is 1. The van der Waals surface area contributed by atoms with Crippen LogP contribution in [0.1, 0.15) is 22.8 Å². The maximum absolute atomic E-state index is 12.6. The smallest absolute Gasteiger partial charge is 0.325 e. The van der Waals surface area contributed by atoms with Crippen LogP contribution in [0.3, 0.4) is 0 Å².